The van der Waals surface area contributed by atoms with Gasteiger partial charge in [-0.1, -0.05) is 89.7 Å². The van der Waals surface area contributed by atoms with Crippen LogP contribution >= 0.6 is 0 Å². The van der Waals surface area contributed by atoms with Crippen molar-refractivity contribution in [2.75, 3.05) is 0 Å². The Morgan fingerprint density at radius 2 is 1.38 bits per heavy atom. The summed E-state index contributed by atoms with van der Waals surface area (Å²) in [6.07, 6.45) is 5.69. The Morgan fingerprint density at radius 1 is 0.596 bits per heavy atom. The van der Waals surface area contributed by atoms with E-state index in [0.717, 1.165) is 66.5 Å². The van der Waals surface area contributed by atoms with Gasteiger partial charge in [-0.25, -0.2) is 0 Å². The van der Waals surface area contributed by atoms with E-state index in [9.17, 15) is 0 Å². The SMILES string of the molecule is Cc1ccc(-c2[c-]ccc3c2oc2c4cnc(C)cc4ccc32)nc1.Cc1cnc(-c2[c-]cc(C)c(-c3ccccc3)c2)cc1C.[Ir]. The normalized spacial score (nSPS) is 10.9. The second-order valence-corrected chi connectivity index (χ2v) is 11.9. The monoisotopic (exact) mass is 788 g/mol. The molecule has 233 valence electrons. The first-order valence-electron chi connectivity index (χ1n) is 15.4. The maximum Gasteiger partial charge on any atom is 0.130 e. The average Bonchev–Trinajstić information content (AvgIpc) is 3.47. The molecule has 0 N–H and O–H groups in total. The number of nitrogens with zero attached hydrogens (tertiary/aromatic N) is 3. The van der Waals surface area contributed by atoms with Gasteiger partial charge in [-0.05, 0) is 67.2 Å². The van der Waals surface area contributed by atoms with Gasteiger partial charge in [-0.15, -0.1) is 47.5 Å². The fraction of sp³-hybridized carbons (Fsp3) is 0.119. The van der Waals surface area contributed by atoms with Gasteiger partial charge in [0.15, 0.2) is 0 Å². The average molecular weight is 788 g/mol. The molecule has 0 saturated heterocycles. The van der Waals surface area contributed by atoms with Gasteiger partial charge in [0, 0.05) is 55.2 Å². The predicted octanol–water partition coefficient (Wildman–Crippen LogP) is 10.8. The van der Waals surface area contributed by atoms with Gasteiger partial charge in [-0.3, -0.25) is 4.98 Å². The fourth-order valence-corrected chi connectivity index (χ4v) is 5.75. The molecule has 0 unspecified atom stereocenters. The molecule has 8 aromatic rings. The van der Waals surface area contributed by atoms with Crippen LogP contribution < -0.4 is 0 Å². The molecule has 47 heavy (non-hydrogen) atoms. The Hall–Kier alpha value is -4.96. The molecule has 0 amide bonds. The number of aryl methyl sites for hydroxylation is 5. The summed E-state index contributed by atoms with van der Waals surface area (Å²) in [7, 11) is 0. The molecule has 0 aliphatic carbocycles. The van der Waals surface area contributed by atoms with E-state index in [-0.39, 0.29) is 20.1 Å². The molecule has 0 bridgehead atoms. The maximum absolute atomic E-state index is 6.31. The van der Waals surface area contributed by atoms with E-state index in [1.807, 2.05) is 56.7 Å². The van der Waals surface area contributed by atoms with E-state index in [4.69, 9.17) is 4.42 Å². The number of fused-ring (bicyclic) bond motifs is 5. The van der Waals surface area contributed by atoms with Crippen LogP contribution in [-0.2, 0) is 20.1 Å². The van der Waals surface area contributed by atoms with Crippen molar-refractivity contribution in [1.29, 1.82) is 0 Å². The van der Waals surface area contributed by atoms with Crippen LogP contribution in [0.15, 0.2) is 114 Å². The molecule has 8 rings (SSSR count). The van der Waals surface area contributed by atoms with Crippen molar-refractivity contribution >= 4 is 32.7 Å². The third-order valence-corrected chi connectivity index (χ3v) is 8.49. The summed E-state index contributed by atoms with van der Waals surface area (Å²) in [4.78, 5) is 13.5. The molecule has 0 aliphatic rings. The molecule has 0 spiro atoms. The van der Waals surface area contributed by atoms with Crippen LogP contribution in [-0.4, -0.2) is 15.0 Å². The molecular weight excluding hydrogens is 755 g/mol. The van der Waals surface area contributed by atoms with Crippen molar-refractivity contribution in [2.45, 2.75) is 34.6 Å². The molecule has 4 aromatic carbocycles. The van der Waals surface area contributed by atoms with E-state index >= 15 is 0 Å². The van der Waals surface area contributed by atoms with Crippen LogP contribution in [0.4, 0.5) is 0 Å². The smallest absolute Gasteiger partial charge is 0.130 e. The van der Waals surface area contributed by atoms with Crippen molar-refractivity contribution < 1.29 is 24.5 Å². The Morgan fingerprint density at radius 3 is 2.15 bits per heavy atom. The molecule has 0 atom stereocenters. The van der Waals surface area contributed by atoms with Crippen molar-refractivity contribution in [3.63, 3.8) is 0 Å². The zero-order chi connectivity index (χ0) is 31.8. The number of aromatic nitrogens is 3. The fourth-order valence-electron chi connectivity index (χ4n) is 5.75. The number of hydrogen-bond acceptors (Lipinski definition) is 4. The Labute approximate surface area is 288 Å². The predicted molar refractivity (Wildman–Crippen MR) is 189 cm³/mol. The van der Waals surface area contributed by atoms with Crippen LogP contribution in [0.25, 0.3) is 66.4 Å². The zero-order valence-corrected chi connectivity index (χ0v) is 29.4. The molecule has 0 fully saturated rings. The summed E-state index contributed by atoms with van der Waals surface area (Å²) in [6.45, 7) is 10.4. The zero-order valence-electron chi connectivity index (χ0n) is 27.0. The summed E-state index contributed by atoms with van der Waals surface area (Å²) < 4.78 is 6.31. The van der Waals surface area contributed by atoms with Gasteiger partial charge in [0.25, 0.3) is 0 Å². The Kier molecular flexibility index (Phi) is 9.13. The molecular formula is C42H33IrN3O-2. The number of benzene rings is 4. The first-order chi connectivity index (χ1) is 22.4. The quantitative estimate of drug-likeness (QED) is 0.167. The van der Waals surface area contributed by atoms with Crippen molar-refractivity contribution in [2.24, 2.45) is 0 Å². The van der Waals surface area contributed by atoms with Crippen LogP contribution in [0, 0.1) is 46.8 Å². The summed E-state index contributed by atoms with van der Waals surface area (Å²) >= 11 is 0. The molecule has 4 aromatic heterocycles. The van der Waals surface area contributed by atoms with E-state index in [2.05, 4.69) is 115 Å². The number of furan rings is 1. The van der Waals surface area contributed by atoms with E-state index in [0.29, 0.717) is 0 Å². The molecule has 4 nitrogen and oxygen atoms in total. The molecule has 0 aliphatic heterocycles. The first kappa shape index (κ1) is 32.0. The molecule has 5 heteroatoms. The van der Waals surface area contributed by atoms with Crippen LogP contribution in [0.3, 0.4) is 0 Å². The Balaban J connectivity index is 0.000000164. The minimum Gasteiger partial charge on any atom is -0.500 e. The van der Waals surface area contributed by atoms with Crippen LogP contribution in [0.5, 0.6) is 0 Å². The van der Waals surface area contributed by atoms with Gasteiger partial charge in [0.2, 0.25) is 0 Å². The third-order valence-electron chi connectivity index (χ3n) is 8.49. The second-order valence-electron chi connectivity index (χ2n) is 11.9. The molecule has 1 radical (unpaired) electrons. The van der Waals surface area contributed by atoms with E-state index in [1.165, 1.54) is 27.8 Å². The van der Waals surface area contributed by atoms with Crippen LogP contribution in [0.1, 0.15) is 27.9 Å². The van der Waals surface area contributed by atoms with Gasteiger partial charge in [0.05, 0.1) is 5.58 Å². The van der Waals surface area contributed by atoms with Gasteiger partial charge in [0.1, 0.15) is 5.58 Å². The number of rotatable bonds is 3. The first-order valence-corrected chi connectivity index (χ1v) is 15.4. The van der Waals surface area contributed by atoms with Crippen LogP contribution in [0.2, 0.25) is 0 Å². The minimum atomic E-state index is 0. The summed E-state index contributed by atoms with van der Waals surface area (Å²) in [6, 6.07) is 37.8. The van der Waals surface area contributed by atoms with E-state index < -0.39 is 0 Å². The topological polar surface area (TPSA) is 51.8 Å². The van der Waals surface area contributed by atoms with Crippen molar-refractivity contribution in [1.82, 2.24) is 15.0 Å². The maximum atomic E-state index is 6.31. The van der Waals surface area contributed by atoms with Gasteiger partial charge in [-0.2, -0.15) is 0 Å². The minimum absolute atomic E-state index is 0. The molecule has 4 heterocycles. The standard InChI is InChI=1S/C22H15N2O.C20H18N.Ir/c1-13-6-9-20(24-11-13)18-5-3-4-16-17-8-7-15-10-14(2)23-12-19(15)22(17)25-21(16)18;1-14-9-10-18(20-11-15(2)16(3)13-21-20)12-19(14)17-7-5-4-6-8-17;/h3-4,6-12H,1-2H3;4-9,11-13H,1-3H3;/q2*-1;. The van der Waals surface area contributed by atoms with Crippen molar-refractivity contribution in [3.8, 4) is 33.6 Å². The van der Waals surface area contributed by atoms with Crippen molar-refractivity contribution in [3.05, 3.63) is 150 Å². The third kappa shape index (κ3) is 6.38. The second kappa shape index (κ2) is 13.4. The number of pyridine rings is 3. The summed E-state index contributed by atoms with van der Waals surface area (Å²) in [5.74, 6) is 0. The molecule has 0 saturated carbocycles. The van der Waals surface area contributed by atoms with Gasteiger partial charge < -0.3 is 14.4 Å². The van der Waals surface area contributed by atoms with Gasteiger partial charge >= 0.3 is 0 Å². The summed E-state index contributed by atoms with van der Waals surface area (Å²) in [5, 5.41) is 4.34. The largest absolute Gasteiger partial charge is 0.500 e. The van der Waals surface area contributed by atoms with E-state index in [1.54, 1.807) is 0 Å². The summed E-state index contributed by atoms with van der Waals surface area (Å²) in [5.41, 5.74) is 13.8. The number of hydrogen-bond donors (Lipinski definition) is 0. The Bertz CT molecular complexity index is 2360.